The predicted octanol–water partition coefficient (Wildman–Crippen LogP) is 4.94. The van der Waals surface area contributed by atoms with Gasteiger partial charge in [-0.3, -0.25) is 0 Å². The van der Waals surface area contributed by atoms with Crippen LogP contribution in [-0.2, 0) is 12.8 Å². The van der Waals surface area contributed by atoms with Crippen LogP contribution in [0.25, 0.3) is 0 Å². The Kier molecular flexibility index (Phi) is 3.99. The minimum Gasteiger partial charge on any atom is -0.384 e. The van der Waals surface area contributed by atoms with Crippen molar-refractivity contribution in [1.82, 2.24) is 0 Å². The average molecular weight is 320 g/mol. The Morgan fingerprint density at radius 2 is 1.96 bits per heavy atom. The highest BCUT2D eigenvalue weighted by Gasteiger charge is 2.24. The standard InChI is InChI=1S/C22H28N2/c1-15(2)19-5-4-6-22-20(19)10-12-24(22)14-16(3)18-8-7-17-9-11-23-21(17)13-18/h4-8,13,15-16,23H,9-12,14H2,1-3H3. The van der Waals surface area contributed by atoms with Crippen molar-refractivity contribution in [1.29, 1.82) is 0 Å². The topological polar surface area (TPSA) is 15.3 Å². The van der Waals surface area contributed by atoms with Gasteiger partial charge in [-0.1, -0.05) is 45.0 Å². The average Bonchev–Trinajstić information content (AvgIpc) is 3.20. The van der Waals surface area contributed by atoms with E-state index in [1.165, 1.54) is 40.9 Å². The molecule has 0 radical (unpaired) electrons. The second kappa shape index (κ2) is 6.16. The summed E-state index contributed by atoms with van der Waals surface area (Å²) < 4.78 is 0. The molecular weight excluding hydrogens is 292 g/mol. The zero-order chi connectivity index (χ0) is 16.7. The fourth-order valence-corrected chi connectivity index (χ4v) is 4.31. The Balaban J connectivity index is 1.54. The van der Waals surface area contributed by atoms with Crippen LogP contribution in [0.1, 0.15) is 54.9 Å². The van der Waals surface area contributed by atoms with E-state index < -0.39 is 0 Å². The van der Waals surface area contributed by atoms with Gasteiger partial charge in [0.25, 0.3) is 0 Å². The first-order chi connectivity index (χ1) is 11.6. The second-order valence-corrected chi connectivity index (χ2v) is 7.69. The lowest BCUT2D eigenvalue weighted by Crippen LogP contribution is -2.25. The van der Waals surface area contributed by atoms with Crippen molar-refractivity contribution in [3.05, 3.63) is 58.7 Å². The summed E-state index contributed by atoms with van der Waals surface area (Å²) in [6, 6.07) is 13.9. The summed E-state index contributed by atoms with van der Waals surface area (Å²) in [7, 11) is 0. The van der Waals surface area contributed by atoms with E-state index in [2.05, 4.69) is 67.4 Å². The van der Waals surface area contributed by atoms with Crippen molar-refractivity contribution in [2.75, 3.05) is 29.9 Å². The van der Waals surface area contributed by atoms with Gasteiger partial charge in [-0.25, -0.2) is 0 Å². The van der Waals surface area contributed by atoms with Crippen molar-refractivity contribution in [2.45, 2.75) is 45.4 Å². The third-order valence-corrected chi connectivity index (χ3v) is 5.69. The van der Waals surface area contributed by atoms with Gasteiger partial charge in [-0.05, 0) is 59.1 Å². The molecular formula is C22H28N2. The van der Waals surface area contributed by atoms with E-state index in [0.717, 1.165) is 19.6 Å². The van der Waals surface area contributed by atoms with Gasteiger partial charge >= 0.3 is 0 Å². The van der Waals surface area contributed by atoms with E-state index in [-0.39, 0.29) is 0 Å². The van der Waals surface area contributed by atoms with Crippen molar-refractivity contribution in [3.8, 4) is 0 Å². The molecule has 2 nitrogen and oxygen atoms in total. The second-order valence-electron chi connectivity index (χ2n) is 7.69. The molecule has 126 valence electrons. The lowest BCUT2D eigenvalue weighted by molar-refractivity contribution is 0.706. The maximum atomic E-state index is 3.51. The van der Waals surface area contributed by atoms with Crippen LogP contribution in [0.4, 0.5) is 11.4 Å². The highest BCUT2D eigenvalue weighted by Crippen LogP contribution is 2.36. The number of benzene rings is 2. The van der Waals surface area contributed by atoms with Crippen LogP contribution in [0, 0.1) is 0 Å². The van der Waals surface area contributed by atoms with Gasteiger partial charge in [0.2, 0.25) is 0 Å². The van der Waals surface area contributed by atoms with E-state index in [1.807, 2.05) is 0 Å². The normalized spacial score (nSPS) is 16.9. The largest absolute Gasteiger partial charge is 0.384 e. The number of nitrogens with one attached hydrogen (secondary N) is 1. The molecule has 2 aliphatic rings. The highest BCUT2D eigenvalue weighted by atomic mass is 15.1. The number of rotatable bonds is 4. The Morgan fingerprint density at radius 1 is 1.08 bits per heavy atom. The van der Waals surface area contributed by atoms with Crippen LogP contribution >= 0.6 is 0 Å². The van der Waals surface area contributed by atoms with Gasteiger partial charge in [0.05, 0.1) is 0 Å². The van der Waals surface area contributed by atoms with Crippen LogP contribution in [0.5, 0.6) is 0 Å². The van der Waals surface area contributed by atoms with Crippen molar-refractivity contribution < 1.29 is 0 Å². The molecule has 0 bridgehead atoms. The summed E-state index contributed by atoms with van der Waals surface area (Å²) in [4.78, 5) is 2.59. The predicted molar refractivity (Wildman–Crippen MR) is 103 cm³/mol. The first-order valence-electron chi connectivity index (χ1n) is 9.37. The number of fused-ring (bicyclic) bond motifs is 2. The summed E-state index contributed by atoms with van der Waals surface area (Å²) in [6.07, 6.45) is 2.36. The molecule has 0 saturated heterocycles. The van der Waals surface area contributed by atoms with E-state index >= 15 is 0 Å². The fraction of sp³-hybridized carbons (Fsp3) is 0.455. The summed E-state index contributed by atoms with van der Waals surface area (Å²) in [6.45, 7) is 10.3. The van der Waals surface area contributed by atoms with Crippen LogP contribution in [0.3, 0.4) is 0 Å². The fourth-order valence-electron chi connectivity index (χ4n) is 4.31. The van der Waals surface area contributed by atoms with Gasteiger partial charge in [0.15, 0.2) is 0 Å². The first-order valence-corrected chi connectivity index (χ1v) is 9.37. The van der Waals surface area contributed by atoms with E-state index in [9.17, 15) is 0 Å². The molecule has 2 heterocycles. The molecule has 1 N–H and O–H groups in total. The molecule has 4 rings (SSSR count). The van der Waals surface area contributed by atoms with Crippen molar-refractivity contribution >= 4 is 11.4 Å². The van der Waals surface area contributed by atoms with E-state index in [4.69, 9.17) is 0 Å². The summed E-state index contributed by atoms with van der Waals surface area (Å²) in [5, 5.41) is 3.51. The summed E-state index contributed by atoms with van der Waals surface area (Å²) in [5.74, 6) is 1.16. The lowest BCUT2D eigenvalue weighted by atomic mass is 9.95. The highest BCUT2D eigenvalue weighted by molar-refractivity contribution is 5.62. The zero-order valence-corrected chi connectivity index (χ0v) is 15.1. The van der Waals surface area contributed by atoms with Crippen LogP contribution < -0.4 is 10.2 Å². The zero-order valence-electron chi connectivity index (χ0n) is 15.1. The quantitative estimate of drug-likeness (QED) is 0.858. The van der Waals surface area contributed by atoms with Crippen LogP contribution in [-0.4, -0.2) is 19.6 Å². The Labute approximate surface area is 145 Å². The van der Waals surface area contributed by atoms with Crippen molar-refractivity contribution in [2.24, 2.45) is 0 Å². The molecule has 0 saturated carbocycles. The maximum absolute atomic E-state index is 3.51. The monoisotopic (exact) mass is 320 g/mol. The summed E-state index contributed by atoms with van der Waals surface area (Å²) >= 11 is 0. The third-order valence-electron chi connectivity index (χ3n) is 5.69. The van der Waals surface area contributed by atoms with Crippen LogP contribution in [0.15, 0.2) is 36.4 Å². The Morgan fingerprint density at radius 3 is 2.79 bits per heavy atom. The third kappa shape index (κ3) is 2.68. The van der Waals surface area contributed by atoms with E-state index in [1.54, 1.807) is 5.56 Å². The van der Waals surface area contributed by atoms with Gasteiger partial charge < -0.3 is 10.2 Å². The van der Waals surface area contributed by atoms with Crippen LogP contribution in [0.2, 0.25) is 0 Å². The molecule has 2 aliphatic heterocycles. The number of hydrogen-bond acceptors (Lipinski definition) is 2. The Hall–Kier alpha value is -1.96. The molecule has 2 heteroatoms. The van der Waals surface area contributed by atoms with Gasteiger partial charge in [-0.15, -0.1) is 0 Å². The molecule has 0 amide bonds. The Bertz CT molecular complexity index is 748. The first kappa shape index (κ1) is 15.6. The minimum absolute atomic E-state index is 0.548. The number of nitrogens with zero attached hydrogens (tertiary/aromatic N) is 1. The molecule has 2 aromatic carbocycles. The maximum Gasteiger partial charge on any atom is 0.0402 e. The summed E-state index contributed by atoms with van der Waals surface area (Å²) in [5.41, 5.74) is 8.85. The molecule has 0 aliphatic carbocycles. The lowest BCUT2D eigenvalue weighted by Gasteiger charge is -2.25. The SMILES string of the molecule is CC(C)c1cccc2c1CCN2CC(C)c1ccc2c(c1)NCC2. The number of hydrogen-bond donors (Lipinski definition) is 1. The van der Waals surface area contributed by atoms with E-state index in [0.29, 0.717) is 11.8 Å². The van der Waals surface area contributed by atoms with Gasteiger partial charge in [-0.2, -0.15) is 0 Å². The number of anilines is 2. The molecule has 1 unspecified atom stereocenters. The van der Waals surface area contributed by atoms with Gasteiger partial charge in [0.1, 0.15) is 0 Å². The van der Waals surface area contributed by atoms with Gasteiger partial charge in [0, 0.05) is 31.0 Å². The molecule has 0 spiro atoms. The van der Waals surface area contributed by atoms with Crippen molar-refractivity contribution in [3.63, 3.8) is 0 Å². The molecule has 2 aromatic rings. The molecule has 1 atom stereocenters. The molecule has 0 aromatic heterocycles. The minimum atomic E-state index is 0.548. The smallest absolute Gasteiger partial charge is 0.0402 e. The molecule has 0 fully saturated rings. The molecule has 24 heavy (non-hydrogen) atoms.